The summed E-state index contributed by atoms with van der Waals surface area (Å²) >= 11 is 3.10. The van der Waals surface area contributed by atoms with E-state index in [-0.39, 0.29) is 11.6 Å². The topological polar surface area (TPSA) is 34.2 Å². The average molecular weight is 343 g/mol. The van der Waals surface area contributed by atoms with Crippen LogP contribution in [0.2, 0.25) is 0 Å². The number of ether oxygens (including phenoxy) is 1. The van der Waals surface area contributed by atoms with Crippen molar-refractivity contribution in [2.75, 3.05) is 7.05 Å². The molecular weight excluding hydrogens is 330 g/mol. The summed E-state index contributed by atoms with van der Waals surface area (Å²) in [5.41, 5.74) is 1.73. The second-order valence-electron chi connectivity index (χ2n) is 4.30. The Morgan fingerprint density at radius 3 is 2.70 bits per heavy atom. The molecular formula is C14H13BrF2N2O. The predicted octanol–water partition coefficient (Wildman–Crippen LogP) is 3.94. The van der Waals surface area contributed by atoms with Gasteiger partial charge in [-0.1, -0.05) is 15.9 Å². The van der Waals surface area contributed by atoms with Crippen LogP contribution in [0.5, 0.6) is 11.6 Å². The molecule has 0 bridgehead atoms. The van der Waals surface area contributed by atoms with E-state index in [1.165, 1.54) is 6.07 Å². The van der Waals surface area contributed by atoms with Gasteiger partial charge >= 0.3 is 0 Å². The Bertz CT molecular complexity index is 635. The number of aryl methyl sites for hydroxylation is 1. The van der Waals surface area contributed by atoms with Crippen molar-refractivity contribution in [2.45, 2.75) is 13.5 Å². The van der Waals surface area contributed by atoms with Gasteiger partial charge in [-0.25, -0.2) is 9.37 Å². The van der Waals surface area contributed by atoms with Crippen LogP contribution in [-0.2, 0) is 6.54 Å². The lowest BCUT2D eigenvalue weighted by atomic mass is 10.2. The number of hydrogen-bond donors (Lipinski definition) is 1. The van der Waals surface area contributed by atoms with Gasteiger partial charge in [0, 0.05) is 22.8 Å². The molecule has 0 amide bonds. The molecule has 0 fully saturated rings. The molecule has 0 radical (unpaired) electrons. The first kappa shape index (κ1) is 14.9. The van der Waals surface area contributed by atoms with E-state index in [1.54, 1.807) is 13.1 Å². The minimum atomic E-state index is -1.03. The van der Waals surface area contributed by atoms with Gasteiger partial charge < -0.3 is 10.1 Å². The van der Waals surface area contributed by atoms with Crippen molar-refractivity contribution in [1.82, 2.24) is 10.3 Å². The quantitative estimate of drug-likeness (QED) is 0.854. The third-order valence-electron chi connectivity index (χ3n) is 2.63. The lowest BCUT2D eigenvalue weighted by molar-refractivity contribution is 0.402. The average Bonchev–Trinajstić information content (AvgIpc) is 2.38. The summed E-state index contributed by atoms with van der Waals surface area (Å²) < 4.78 is 32.7. The van der Waals surface area contributed by atoms with Gasteiger partial charge in [-0.3, -0.25) is 0 Å². The summed E-state index contributed by atoms with van der Waals surface area (Å²) in [5, 5.41) is 3.01. The molecule has 3 nitrogen and oxygen atoms in total. The van der Waals surface area contributed by atoms with Crippen molar-refractivity contribution < 1.29 is 13.5 Å². The minimum absolute atomic E-state index is 0.200. The Morgan fingerprint density at radius 1 is 1.30 bits per heavy atom. The largest absolute Gasteiger partial charge is 0.436 e. The number of aromatic nitrogens is 1. The first-order chi connectivity index (χ1) is 9.51. The van der Waals surface area contributed by atoms with Crippen molar-refractivity contribution >= 4 is 15.9 Å². The van der Waals surface area contributed by atoms with E-state index >= 15 is 0 Å². The number of rotatable bonds is 4. The molecule has 20 heavy (non-hydrogen) atoms. The summed E-state index contributed by atoms with van der Waals surface area (Å²) in [5.74, 6) is -1.96. The molecule has 1 aromatic carbocycles. The van der Waals surface area contributed by atoms with Crippen LogP contribution >= 0.6 is 15.9 Å². The number of halogens is 3. The summed E-state index contributed by atoms with van der Waals surface area (Å²) in [6, 6.07) is 4.28. The third kappa shape index (κ3) is 3.32. The first-order valence-corrected chi connectivity index (χ1v) is 6.73. The Kier molecular flexibility index (Phi) is 4.67. The van der Waals surface area contributed by atoms with E-state index in [4.69, 9.17) is 4.74 Å². The summed E-state index contributed by atoms with van der Waals surface area (Å²) in [7, 11) is 1.83. The van der Waals surface area contributed by atoms with Gasteiger partial charge in [0.1, 0.15) is 0 Å². The summed E-state index contributed by atoms with van der Waals surface area (Å²) in [6.07, 6.45) is 1.63. The fourth-order valence-electron chi connectivity index (χ4n) is 1.74. The Morgan fingerprint density at radius 2 is 2.05 bits per heavy atom. The van der Waals surface area contributed by atoms with Crippen LogP contribution < -0.4 is 10.1 Å². The molecule has 0 aliphatic carbocycles. The van der Waals surface area contributed by atoms with Crippen molar-refractivity contribution in [2.24, 2.45) is 0 Å². The standard InChI is InChI=1S/C14H13BrF2N2O/c1-8-3-9(6-18-2)7-19-14(8)20-12-5-10(15)4-11(16)13(12)17/h3-5,7,18H,6H2,1-2H3. The Hall–Kier alpha value is -1.53. The molecule has 6 heteroatoms. The van der Waals surface area contributed by atoms with Gasteiger partial charge in [0.25, 0.3) is 0 Å². The lowest BCUT2D eigenvalue weighted by Crippen LogP contribution is -2.06. The Balaban J connectivity index is 2.31. The summed E-state index contributed by atoms with van der Waals surface area (Å²) in [4.78, 5) is 4.13. The van der Waals surface area contributed by atoms with E-state index in [2.05, 4.69) is 26.2 Å². The van der Waals surface area contributed by atoms with E-state index in [9.17, 15) is 8.78 Å². The molecule has 106 valence electrons. The molecule has 0 unspecified atom stereocenters. The maximum Gasteiger partial charge on any atom is 0.222 e. The molecule has 0 aliphatic heterocycles. The Labute approximate surface area is 124 Å². The minimum Gasteiger partial charge on any atom is -0.436 e. The van der Waals surface area contributed by atoms with Gasteiger partial charge in [-0.2, -0.15) is 4.39 Å². The van der Waals surface area contributed by atoms with E-state index in [0.29, 0.717) is 11.0 Å². The molecule has 0 saturated heterocycles. The van der Waals surface area contributed by atoms with Crippen LogP contribution in [-0.4, -0.2) is 12.0 Å². The second kappa shape index (κ2) is 6.28. The molecule has 0 atom stereocenters. The highest BCUT2D eigenvalue weighted by atomic mass is 79.9. The number of pyridine rings is 1. The monoisotopic (exact) mass is 342 g/mol. The normalized spacial score (nSPS) is 10.7. The van der Waals surface area contributed by atoms with Crippen molar-refractivity contribution in [3.8, 4) is 11.6 Å². The van der Waals surface area contributed by atoms with Crippen molar-refractivity contribution in [3.63, 3.8) is 0 Å². The van der Waals surface area contributed by atoms with Gasteiger partial charge in [0.05, 0.1) is 0 Å². The molecule has 1 heterocycles. The van der Waals surface area contributed by atoms with Gasteiger partial charge in [-0.15, -0.1) is 0 Å². The highest BCUT2D eigenvalue weighted by Gasteiger charge is 2.14. The predicted molar refractivity (Wildman–Crippen MR) is 75.9 cm³/mol. The first-order valence-electron chi connectivity index (χ1n) is 5.93. The van der Waals surface area contributed by atoms with Crippen LogP contribution in [0.15, 0.2) is 28.9 Å². The maximum atomic E-state index is 13.6. The highest BCUT2D eigenvalue weighted by Crippen LogP contribution is 2.30. The molecule has 1 N–H and O–H groups in total. The second-order valence-corrected chi connectivity index (χ2v) is 5.21. The SMILES string of the molecule is CNCc1cnc(Oc2cc(Br)cc(F)c2F)c(C)c1. The maximum absolute atomic E-state index is 13.6. The third-order valence-corrected chi connectivity index (χ3v) is 3.09. The van der Waals surface area contributed by atoms with E-state index < -0.39 is 11.6 Å². The van der Waals surface area contributed by atoms with Gasteiger partial charge in [0.2, 0.25) is 11.7 Å². The van der Waals surface area contributed by atoms with E-state index in [1.807, 2.05) is 13.1 Å². The summed E-state index contributed by atoms with van der Waals surface area (Å²) in [6.45, 7) is 2.47. The van der Waals surface area contributed by atoms with Crippen LogP contribution in [0.4, 0.5) is 8.78 Å². The smallest absolute Gasteiger partial charge is 0.222 e. The molecule has 0 spiro atoms. The zero-order valence-electron chi connectivity index (χ0n) is 11.0. The zero-order valence-corrected chi connectivity index (χ0v) is 12.6. The van der Waals surface area contributed by atoms with Crippen LogP contribution in [0.25, 0.3) is 0 Å². The fraction of sp³-hybridized carbons (Fsp3) is 0.214. The van der Waals surface area contributed by atoms with Crippen molar-refractivity contribution in [1.29, 1.82) is 0 Å². The van der Waals surface area contributed by atoms with Gasteiger partial charge in [0.15, 0.2) is 11.6 Å². The number of hydrogen-bond acceptors (Lipinski definition) is 3. The fourth-order valence-corrected chi connectivity index (χ4v) is 2.15. The number of nitrogens with zero attached hydrogens (tertiary/aromatic N) is 1. The van der Waals surface area contributed by atoms with Crippen LogP contribution in [0, 0.1) is 18.6 Å². The lowest BCUT2D eigenvalue weighted by Gasteiger charge is -2.10. The van der Waals surface area contributed by atoms with Gasteiger partial charge in [-0.05, 0) is 37.7 Å². The molecule has 0 saturated carbocycles. The molecule has 1 aromatic heterocycles. The molecule has 2 aromatic rings. The number of nitrogens with one attached hydrogen (secondary N) is 1. The zero-order chi connectivity index (χ0) is 14.7. The molecule has 2 rings (SSSR count). The highest BCUT2D eigenvalue weighted by molar-refractivity contribution is 9.10. The molecule has 0 aliphatic rings. The van der Waals surface area contributed by atoms with E-state index in [0.717, 1.165) is 17.2 Å². The van der Waals surface area contributed by atoms with Crippen molar-refractivity contribution in [3.05, 3.63) is 51.6 Å². The number of benzene rings is 1. The van der Waals surface area contributed by atoms with Crippen LogP contribution in [0.1, 0.15) is 11.1 Å². The van der Waals surface area contributed by atoms with Crippen LogP contribution in [0.3, 0.4) is 0 Å².